The smallest absolute Gasteiger partial charge is 0.271 e. The number of benzene rings is 3. The Bertz CT molecular complexity index is 1200. The van der Waals surface area contributed by atoms with Crippen molar-refractivity contribution in [3.63, 3.8) is 0 Å². The Labute approximate surface area is 167 Å². The first-order valence-electron chi connectivity index (χ1n) is 8.75. The van der Waals surface area contributed by atoms with Crippen molar-refractivity contribution in [3.8, 4) is 11.4 Å². The molecule has 0 saturated heterocycles. The molecule has 0 fully saturated rings. The number of carbonyl (C=O) groups is 1. The minimum Gasteiger partial charge on any atom is -0.338 e. The Balaban J connectivity index is 1.54. The van der Waals surface area contributed by atoms with Crippen LogP contribution >= 0.6 is 11.6 Å². The average Bonchev–Trinajstić information content (AvgIpc) is 3.11. The first-order chi connectivity index (χ1) is 13.6. The van der Waals surface area contributed by atoms with Gasteiger partial charge < -0.3 is 4.98 Å². The highest BCUT2D eigenvalue weighted by Crippen LogP contribution is 2.27. The van der Waals surface area contributed by atoms with Crippen molar-refractivity contribution >= 4 is 34.8 Å². The number of rotatable bonds is 4. The highest BCUT2D eigenvalue weighted by Gasteiger charge is 2.11. The molecule has 1 amide bonds. The number of hydrogen-bond donors (Lipinski definition) is 2. The summed E-state index contributed by atoms with van der Waals surface area (Å²) in [5.74, 6) is 0.371. The molecule has 1 aromatic heterocycles. The summed E-state index contributed by atoms with van der Waals surface area (Å²) in [6.07, 6.45) is 1.62. The Kier molecular flexibility index (Phi) is 4.91. The molecule has 0 bridgehead atoms. The molecule has 2 N–H and O–H groups in total. The minimum absolute atomic E-state index is 0.292. The SMILES string of the molecule is Cc1cccc(/C=N/NC(=O)c2ccc3nc(-c4ccccc4Cl)[nH]c3c2)c1. The summed E-state index contributed by atoms with van der Waals surface area (Å²) >= 11 is 6.25. The molecule has 4 aromatic rings. The molecule has 0 saturated carbocycles. The lowest BCUT2D eigenvalue weighted by molar-refractivity contribution is 0.0955. The molecule has 0 unspecified atom stereocenters. The van der Waals surface area contributed by atoms with Crippen LogP contribution in [-0.2, 0) is 0 Å². The fourth-order valence-electron chi connectivity index (χ4n) is 2.91. The molecule has 0 atom stereocenters. The van der Waals surface area contributed by atoms with Crippen molar-refractivity contribution in [2.24, 2.45) is 5.10 Å². The third kappa shape index (κ3) is 3.80. The van der Waals surface area contributed by atoms with Gasteiger partial charge in [0, 0.05) is 11.1 Å². The van der Waals surface area contributed by atoms with Crippen LogP contribution in [0.5, 0.6) is 0 Å². The number of carbonyl (C=O) groups excluding carboxylic acids is 1. The van der Waals surface area contributed by atoms with Gasteiger partial charge in [-0.15, -0.1) is 0 Å². The maximum Gasteiger partial charge on any atom is 0.271 e. The molecular formula is C22H17ClN4O. The normalized spacial score (nSPS) is 11.2. The van der Waals surface area contributed by atoms with Gasteiger partial charge in [-0.3, -0.25) is 4.79 Å². The van der Waals surface area contributed by atoms with Gasteiger partial charge in [-0.25, -0.2) is 10.4 Å². The number of hydrogen-bond acceptors (Lipinski definition) is 3. The lowest BCUT2D eigenvalue weighted by atomic mass is 10.2. The number of imidazole rings is 1. The number of halogens is 1. The van der Waals surface area contributed by atoms with E-state index in [9.17, 15) is 4.79 Å². The number of amides is 1. The number of fused-ring (bicyclic) bond motifs is 1. The summed E-state index contributed by atoms with van der Waals surface area (Å²) in [5, 5.41) is 4.65. The van der Waals surface area contributed by atoms with E-state index in [-0.39, 0.29) is 5.91 Å². The molecule has 3 aromatic carbocycles. The van der Waals surface area contributed by atoms with Crippen molar-refractivity contribution in [2.75, 3.05) is 0 Å². The van der Waals surface area contributed by atoms with Gasteiger partial charge in [0.05, 0.1) is 22.3 Å². The average molecular weight is 389 g/mol. The number of aryl methyl sites for hydroxylation is 1. The molecule has 0 aliphatic carbocycles. The second kappa shape index (κ2) is 7.66. The second-order valence-electron chi connectivity index (χ2n) is 6.41. The topological polar surface area (TPSA) is 70.1 Å². The van der Waals surface area contributed by atoms with Crippen LogP contribution in [0.1, 0.15) is 21.5 Å². The van der Waals surface area contributed by atoms with Gasteiger partial charge in [0.1, 0.15) is 5.82 Å². The third-order valence-electron chi connectivity index (χ3n) is 4.29. The van der Waals surface area contributed by atoms with Crippen LogP contribution in [0.3, 0.4) is 0 Å². The first-order valence-corrected chi connectivity index (χ1v) is 9.13. The van der Waals surface area contributed by atoms with Crippen molar-refractivity contribution in [1.29, 1.82) is 0 Å². The zero-order valence-corrected chi connectivity index (χ0v) is 15.9. The van der Waals surface area contributed by atoms with Gasteiger partial charge in [-0.05, 0) is 42.8 Å². The number of aromatic nitrogens is 2. The van der Waals surface area contributed by atoms with Crippen LogP contribution in [0.2, 0.25) is 5.02 Å². The van der Waals surface area contributed by atoms with E-state index in [1.165, 1.54) is 0 Å². The van der Waals surface area contributed by atoms with Crippen molar-refractivity contribution < 1.29 is 4.79 Å². The highest BCUT2D eigenvalue weighted by atomic mass is 35.5. The fraction of sp³-hybridized carbons (Fsp3) is 0.0455. The maximum absolute atomic E-state index is 12.4. The summed E-state index contributed by atoms with van der Waals surface area (Å²) in [6.45, 7) is 2.01. The highest BCUT2D eigenvalue weighted by molar-refractivity contribution is 6.33. The molecule has 138 valence electrons. The summed E-state index contributed by atoms with van der Waals surface area (Å²) in [7, 11) is 0. The van der Waals surface area contributed by atoms with Crippen molar-refractivity contribution in [2.45, 2.75) is 6.92 Å². The van der Waals surface area contributed by atoms with Gasteiger partial charge in [-0.2, -0.15) is 5.10 Å². The van der Waals surface area contributed by atoms with Crippen molar-refractivity contribution in [1.82, 2.24) is 15.4 Å². The molecule has 0 radical (unpaired) electrons. The van der Waals surface area contributed by atoms with E-state index in [0.29, 0.717) is 16.4 Å². The van der Waals surface area contributed by atoms with Gasteiger partial charge in [-0.1, -0.05) is 53.6 Å². The molecule has 1 heterocycles. The molecule has 0 aliphatic heterocycles. The van der Waals surface area contributed by atoms with E-state index in [0.717, 1.165) is 27.7 Å². The zero-order valence-electron chi connectivity index (χ0n) is 15.1. The summed E-state index contributed by atoms with van der Waals surface area (Å²) in [6, 6.07) is 20.6. The monoisotopic (exact) mass is 388 g/mol. The van der Waals surface area contributed by atoms with Crippen LogP contribution < -0.4 is 5.43 Å². The summed E-state index contributed by atoms with van der Waals surface area (Å²) in [4.78, 5) is 20.2. The molecule has 5 nitrogen and oxygen atoms in total. The van der Waals surface area contributed by atoms with Crippen LogP contribution in [0, 0.1) is 6.92 Å². The Hall–Kier alpha value is -3.44. The van der Waals surface area contributed by atoms with Crippen LogP contribution in [0.25, 0.3) is 22.4 Å². The van der Waals surface area contributed by atoms with E-state index < -0.39 is 0 Å². The van der Waals surface area contributed by atoms with Gasteiger partial charge in [0.15, 0.2) is 0 Å². The molecule has 4 rings (SSSR count). The number of aromatic amines is 1. The van der Waals surface area contributed by atoms with Crippen molar-refractivity contribution in [3.05, 3.63) is 88.4 Å². The largest absolute Gasteiger partial charge is 0.338 e. The lowest BCUT2D eigenvalue weighted by Gasteiger charge is -2.00. The summed E-state index contributed by atoms with van der Waals surface area (Å²) in [5.41, 5.74) is 7.43. The lowest BCUT2D eigenvalue weighted by Crippen LogP contribution is -2.17. The Morgan fingerprint density at radius 3 is 2.79 bits per heavy atom. The van der Waals surface area contributed by atoms with Gasteiger partial charge >= 0.3 is 0 Å². The van der Waals surface area contributed by atoms with E-state index in [1.807, 2.05) is 55.5 Å². The van der Waals surface area contributed by atoms with E-state index in [4.69, 9.17) is 11.6 Å². The van der Waals surface area contributed by atoms with E-state index >= 15 is 0 Å². The fourth-order valence-corrected chi connectivity index (χ4v) is 3.14. The molecular weight excluding hydrogens is 372 g/mol. The molecule has 0 spiro atoms. The Morgan fingerprint density at radius 2 is 1.96 bits per heavy atom. The van der Waals surface area contributed by atoms with Gasteiger partial charge in [0.25, 0.3) is 5.91 Å². The predicted octanol–water partition coefficient (Wildman–Crippen LogP) is 4.96. The van der Waals surface area contributed by atoms with Gasteiger partial charge in [0.2, 0.25) is 0 Å². The number of hydrazone groups is 1. The summed E-state index contributed by atoms with van der Waals surface area (Å²) < 4.78 is 0. The minimum atomic E-state index is -0.292. The van der Waals surface area contributed by atoms with Crippen LogP contribution in [-0.4, -0.2) is 22.1 Å². The standard InChI is InChI=1S/C22H17ClN4O/c1-14-5-4-6-15(11-14)13-24-27-22(28)16-9-10-19-20(12-16)26-21(25-19)17-7-2-3-8-18(17)23/h2-13H,1H3,(H,25,26)(H,27,28)/b24-13+. The van der Waals surface area contributed by atoms with E-state index in [2.05, 4.69) is 20.5 Å². The number of H-pyrrole nitrogens is 1. The molecule has 0 aliphatic rings. The Morgan fingerprint density at radius 1 is 1.11 bits per heavy atom. The second-order valence-corrected chi connectivity index (χ2v) is 6.82. The third-order valence-corrected chi connectivity index (χ3v) is 4.62. The first kappa shape index (κ1) is 17.9. The zero-order chi connectivity index (χ0) is 19.5. The van der Waals surface area contributed by atoms with E-state index in [1.54, 1.807) is 24.4 Å². The molecule has 28 heavy (non-hydrogen) atoms. The number of nitrogens with one attached hydrogen (secondary N) is 2. The number of nitrogens with zero attached hydrogens (tertiary/aromatic N) is 2. The molecule has 6 heteroatoms. The maximum atomic E-state index is 12.4. The predicted molar refractivity (Wildman–Crippen MR) is 113 cm³/mol. The van der Waals surface area contributed by atoms with Crippen LogP contribution in [0.15, 0.2) is 71.8 Å². The quantitative estimate of drug-likeness (QED) is 0.383. The van der Waals surface area contributed by atoms with Crippen LogP contribution in [0.4, 0.5) is 0 Å².